The number of hydrogen-bond donors (Lipinski definition) is 1. The highest BCUT2D eigenvalue weighted by Gasteiger charge is -0.266. The molecular weight excluding hydrogens is 109 g/mol. The maximum atomic E-state index is 0. The van der Waals surface area contributed by atoms with Crippen LogP contribution in [0.1, 0.15) is 0 Å². The SMILES string of the molecule is F.F.F.F.[F-].[NH4+]. The van der Waals surface area contributed by atoms with E-state index in [0.717, 1.165) is 0 Å². The molecule has 0 aliphatic rings. The molecule has 0 bridgehead atoms. The number of halogens is 5. The molecule has 0 saturated carbocycles. The Bertz CT molecular complexity index is 3.90. The molecule has 6 heteroatoms. The molecule has 48 valence electrons. The van der Waals surface area contributed by atoms with Gasteiger partial charge >= 0.3 is 0 Å². The van der Waals surface area contributed by atoms with Gasteiger partial charge in [0, 0.05) is 0 Å². The van der Waals surface area contributed by atoms with Gasteiger partial charge in [0.1, 0.15) is 0 Å². The van der Waals surface area contributed by atoms with E-state index in [4.69, 9.17) is 0 Å². The van der Waals surface area contributed by atoms with Gasteiger partial charge in [-0.15, -0.1) is 0 Å². The molecule has 0 aromatic carbocycles. The molecule has 0 amide bonds. The van der Waals surface area contributed by atoms with Crippen LogP contribution < -0.4 is 10.9 Å². The van der Waals surface area contributed by atoms with Gasteiger partial charge in [-0.3, -0.25) is 18.8 Å². The third-order valence-electron chi connectivity index (χ3n) is 0. The second-order valence-corrected chi connectivity index (χ2v) is 0. The second kappa shape index (κ2) is 395. The lowest BCUT2D eigenvalue weighted by atomic mass is 14.0. The fraction of sp³-hybridized carbons (Fsp3) is 0. The fourth-order valence-electron chi connectivity index (χ4n) is 0. The maximum absolute atomic E-state index is 0. The van der Waals surface area contributed by atoms with Crippen molar-refractivity contribution in [1.82, 2.24) is 6.15 Å². The lowest BCUT2D eigenvalue weighted by Crippen LogP contribution is -3.00. The molecule has 0 heterocycles. The van der Waals surface area contributed by atoms with E-state index in [2.05, 4.69) is 0 Å². The minimum atomic E-state index is 0. The summed E-state index contributed by atoms with van der Waals surface area (Å²) in [5.41, 5.74) is 0. The predicted octanol–water partition coefficient (Wildman–Crippen LogP) is -2.01. The van der Waals surface area contributed by atoms with Gasteiger partial charge in [0.15, 0.2) is 0 Å². The summed E-state index contributed by atoms with van der Waals surface area (Å²) in [5, 5.41) is 0. The summed E-state index contributed by atoms with van der Waals surface area (Å²) in [6.45, 7) is 0. The van der Waals surface area contributed by atoms with Crippen molar-refractivity contribution in [2.24, 2.45) is 0 Å². The normalized spacial score (nSPS) is 0. The Kier molecular flexibility index (Phi) is 51600. The molecular formula is H8F5N. The minimum absolute atomic E-state index is 0. The molecule has 0 aliphatic carbocycles. The molecule has 0 aromatic rings. The van der Waals surface area contributed by atoms with Gasteiger partial charge in [0.2, 0.25) is 0 Å². The van der Waals surface area contributed by atoms with Gasteiger partial charge in [-0.2, -0.15) is 0 Å². The Morgan fingerprint density at radius 2 is 0.500 bits per heavy atom. The Labute approximate surface area is 31.1 Å². The first-order valence-corrected chi connectivity index (χ1v) is 0. The first kappa shape index (κ1) is 784. The highest BCUT2D eigenvalue weighted by atomic mass is 19.0. The first-order chi connectivity index (χ1) is 0. The average Bonchev–Trinajstić information content (AvgIpc) is 0. The van der Waals surface area contributed by atoms with E-state index in [-0.39, 0.29) is 29.7 Å². The molecule has 0 radical (unpaired) electrons. The van der Waals surface area contributed by atoms with E-state index in [1.807, 2.05) is 0 Å². The molecule has 0 fully saturated rings. The molecule has 0 aliphatic heterocycles. The van der Waals surface area contributed by atoms with E-state index in [1.165, 1.54) is 0 Å². The third kappa shape index (κ3) is 162. The van der Waals surface area contributed by atoms with E-state index >= 15 is 0 Å². The Morgan fingerprint density at radius 3 is 0.500 bits per heavy atom. The smallest absolute Gasteiger partial charge is 0.269 e. The maximum Gasteiger partial charge on any atom is -0.269 e. The molecule has 0 unspecified atom stereocenters. The lowest BCUT2D eigenvalue weighted by Gasteiger charge is -1.00. The largest absolute Gasteiger partial charge is 1.00 e. The standard InChI is InChI=1S/5FH.H3N/h5*1H;1H3. The van der Waals surface area contributed by atoms with E-state index < -0.39 is 0 Å². The van der Waals surface area contributed by atoms with Crippen molar-refractivity contribution in [3.8, 4) is 0 Å². The van der Waals surface area contributed by atoms with Crippen molar-refractivity contribution in [3.63, 3.8) is 0 Å². The van der Waals surface area contributed by atoms with Crippen molar-refractivity contribution in [2.75, 3.05) is 0 Å². The quantitative estimate of drug-likeness (QED) is 0.356. The van der Waals surface area contributed by atoms with Crippen LogP contribution in [0.2, 0.25) is 0 Å². The van der Waals surface area contributed by atoms with E-state index in [9.17, 15) is 0 Å². The van der Waals surface area contributed by atoms with Gasteiger partial charge in [0.25, 0.3) is 0 Å². The molecule has 0 aromatic heterocycles. The van der Waals surface area contributed by atoms with Gasteiger partial charge < -0.3 is 10.9 Å². The second-order valence-electron chi connectivity index (χ2n) is 0. The monoisotopic (exact) mass is 117 g/mol. The summed E-state index contributed by atoms with van der Waals surface area (Å²) >= 11 is 0. The summed E-state index contributed by atoms with van der Waals surface area (Å²) in [6, 6.07) is 0. The van der Waals surface area contributed by atoms with Crippen molar-refractivity contribution in [3.05, 3.63) is 0 Å². The van der Waals surface area contributed by atoms with Crippen LogP contribution in [0.3, 0.4) is 0 Å². The van der Waals surface area contributed by atoms with Gasteiger partial charge in [-0.1, -0.05) is 0 Å². The van der Waals surface area contributed by atoms with Crippen molar-refractivity contribution >= 4 is 0 Å². The van der Waals surface area contributed by atoms with Crippen LogP contribution in [0.5, 0.6) is 0 Å². The zero-order chi connectivity index (χ0) is 0. The lowest BCUT2D eigenvalue weighted by molar-refractivity contribution is -0.00000407. The van der Waals surface area contributed by atoms with Crippen LogP contribution in [-0.2, 0) is 0 Å². The number of rotatable bonds is 0. The van der Waals surface area contributed by atoms with Crippen LogP contribution >= 0.6 is 0 Å². The summed E-state index contributed by atoms with van der Waals surface area (Å²) in [5.74, 6) is 0. The molecule has 0 atom stereocenters. The summed E-state index contributed by atoms with van der Waals surface area (Å²) in [7, 11) is 0. The number of hydrogen-bond acceptors (Lipinski definition) is 0. The van der Waals surface area contributed by atoms with Crippen molar-refractivity contribution in [2.45, 2.75) is 0 Å². The van der Waals surface area contributed by atoms with Gasteiger partial charge in [0.05, 0.1) is 0 Å². The first-order valence-electron chi connectivity index (χ1n) is 0. The highest BCUT2D eigenvalue weighted by Crippen LogP contribution is 0.423. The van der Waals surface area contributed by atoms with Crippen molar-refractivity contribution < 1.29 is 23.5 Å². The summed E-state index contributed by atoms with van der Waals surface area (Å²) in [6.07, 6.45) is 0. The molecule has 1 nitrogen and oxygen atoms in total. The molecule has 6 heavy (non-hydrogen) atoms. The van der Waals surface area contributed by atoms with E-state index in [0.29, 0.717) is 0 Å². The van der Waals surface area contributed by atoms with Crippen LogP contribution in [0.4, 0.5) is 18.8 Å². The molecule has 0 spiro atoms. The fourth-order valence-corrected chi connectivity index (χ4v) is 0. The Balaban J connectivity index is 0. The predicted molar refractivity (Wildman–Crippen MR) is 16.0 cm³/mol. The van der Waals surface area contributed by atoms with Gasteiger partial charge in [-0.25, -0.2) is 0 Å². The van der Waals surface area contributed by atoms with Crippen LogP contribution in [0.25, 0.3) is 0 Å². The average molecular weight is 117 g/mol. The molecule has 0 saturated heterocycles. The molecule has 4 N–H and O–H groups in total. The summed E-state index contributed by atoms with van der Waals surface area (Å²) in [4.78, 5) is 0. The number of quaternary nitrogens is 1. The van der Waals surface area contributed by atoms with E-state index in [1.54, 1.807) is 0 Å². The van der Waals surface area contributed by atoms with Gasteiger partial charge in [-0.05, 0) is 0 Å². The van der Waals surface area contributed by atoms with Crippen molar-refractivity contribution in [1.29, 1.82) is 0 Å². The summed E-state index contributed by atoms with van der Waals surface area (Å²) < 4.78 is 0. The Hall–Kier alpha value is -0.390. The topological polar surface area (TPSA) is 36.5 Å². The van der Waals surface area contributed by atoms with Crippen LogP contribution in [0.15, 0.2) is 0 Å². The van der Waals surface area contributed by atoms with Crippen LogP contribution in [0, 0.1) is 0 Å². The van der Waals surface area contributed by atoms with Crippen LogP contribution in [-0.4, -0.2) is 0 Å². The molecule has 0 rings (SSSR count). The zero-order valence-electron chi connectivity index (χ0n) is 3.01. The highest BCUT2D eigenvalue weighted by molar-refractivity contribution is 2.13. The Morgan fingerprint density at radius 1 is 0.500 bits per heavy atom. The third-order valence-corrected chi connectivity index (χ3v) is 0. The zero-order valence-corrected chi connectivity index (χ0v) is 3.01. The minimum Gasteiger partial charge on any atom is -1.00 e.